The van der Waals surface area contributed by atoms with Gasteiger partial charge in [0.15, 0.2) is 0 Å². The fourth-order valence-corrected chi connectivity index (χ4v) is 1.81. The Morgan fingerprint density at radius 1 is 1.37 bits per heavy atom. The molecule has 0 bridgehead atoms. The molecule has 0 saturated carbocycles. The van der Waals surface area contributed by atoms with Crippen LogP contribution in [-0.4, -0.2) is 11.9 Å². The number of halogens is 1. The number of nitrogens with two attached hydrogens (primary N) is 1. The van der Waals surface area contributed by atoms with Crippen LogP contribution in [-0.2, 0) is 4.79 Å². The van der Waals surface area contributed by atoms with Gasteiger partial charge >= 0.3 is 0 Å². The van der Waals surface area contributed by atoms with Gasteiger partial charge < -0.3 is 11.1 Å². The highest BCUT2D eigenvalue weighted by Crippen LogP contribution is 2.16. The van der Waals surface area contributed by atoms with Crippen molar-refractivity contribution in [2.75, 3.05) is 5.32 Å². The van der Waals surface area contributed by atoms with Crippen LogP contribution in [0.25, 0.3) is 0 Å². The van der Waals surface area contributed by atoms with E-state index >= 15 is 0 Å². The minimum Gasteiger partial charge on any atom is -0.328 e. The highest BCUT2D eigenvalue weighted by Gasteiger charge is 2.13. The number of hydrogen-bond donors (Lipinski definition) is 2. The molecule has 0 aliphatic rings. The lowest BCUT2D eigenvalue weighted by Crippen LogP contribution is -2.21. The molecule has 0 saturated heterocycles. The van der Waals surface area contributed by atoms with Crippen molar-refractivity contribution < 1.29 is 9.18 Å². The molecule has 0 aromatic heterocycles. The molecule has 0 spiro atoms. The zero-order valence-electron chi connectivity index (χ0n) is 11.9. The lowest BCUT2D eigenvalue weighted by Gasteiger charge is -2.13. The van der Waals surface area contributed by atoms with Gasteiger partial charge in [0.25, 0.3) is 0 Å². The molecule has 0 heterocycles. The Hall–Kier alpha value is -1.42. The van der Waals surface area contributed by atoms with Crippen molar-refractivity contribution in [3.63, 3.8) is 0 Å². The number of hydrogen-bond acceptors (Lipinski definition) is 2. The average molecular weight is 266 g/mol. The molecule has 1 rings (SSSR count). The van der Waals surface area contributed by atoms with E-state index in [4.69, 9.17) is 5.73 Å². The average Bonchev–Trinajstić information content (AvgIpc) is 2.33. The van der Waals surface area contributed by atoms with Gasteiger partial charge in [-0.25, -0.2) is 4.39 Å². The minimum absolute atomic E-state index is 0.0760. The number of rotatable bonds is 6. The van der Waals surface area contributed by atoms with Gasteiger partial charge in [-0.15, -0.1) is 0 Å². The van der Waals surface area contributed by atoms with Gasteiger partial charge in [0.05, 0.1) is 0 Å². The molecule has 19 heavy (non-hydrogen) atoms. The van der Waals surface area contributed by atoms with Crippen molar-refractivity contribution in [1.82, 2.24) is 0 Å². The SMILES string of the molecule is Cc1ccc(NC(=O)C(C)CCCC(C)N)cc1F. The standard InChI is InChI=1S/C15H23FN2O/c1-10-7-8-13(9-14(10)16)18-15(19)11(2)5-4-6-12(3)17/h7-9,11-12H,4-6,17H2,1-3H3,(H,18,19). The molecule has 0 aliphatic carbocycles. The van der Waals surface area contributed by atoms with Crippen LogP contribution in [0.3, 0.4) is 0 Å². The van der Waals surface area contributed by atoms with Crippen LogP contribution in [0.1, 0.15) is 38.7 Å². The number of carbonyl (C=O) groups excluding carboxylic acids is 1. The molecule has 1 aromatic rings. The third-order valence-electron chi connectivity index (χ3n) is 3.18. The van der Waals surface area contributed by atoms with Crippen LogP contribution < -0.4 is 11.1 Å². The largest absolute Gasteiger partial charge is 0.328 e. The molecule has 0 aliphatic heterocycles. The molecular formula is C15H23FN2O. The molecule has 2 atom stereocenters. The molecule has 0 fully saturated rings. The molecule has 1 aromatic carbocycles. The highest BCUT2D eigenvalue weighted by atomic mass is 19.1. The van der Waals surface area contributed by atoms with E-state index in [-0.39, 0.29) is 23.7 Å². The first-order chi connectivity index (χ1) is 8.90. The third kappa shape index (κ3) is 5.39. The van der Waals surface area contributed by atoms with Crippen molar-refractivity contribution in [1.29, 1.82) is 0 Å². The number of amides is 1. The molecule has 1 amide bonds. The van der Waals surface area contributed by atoms with Crippen LogP contribution in [0.5, 0.6) is 0 Å². The second-order valence-electron chi connectivity index (χ2n) is 5.26. The number of benzene rings is 1. The molecule has 3 nitrogen and oxygen atoms in total. The van der Waals surface area contributed by atoms with Crippen molar-refractivity contribution in [2.24, 2.45) is 11.7 Å². The molecule has 2 unspecified atom stereocenters. The van der Waals surface area contributed by atoms with E-state index in [1.54, 1.807) is 19.1 Å². The van der Waals surface area contributed by atoms with E-state index in [9.17, 15) is 9.18 Å². The number of aryl methyl sites for hydroxylation is 1. The van der Waals surface area contributed by atoms with Gasteiger partial charge in [0.2, 0.25) is 5.91 Å². The lowest BCUT2D eigenvalue weighted by atomic mass is 10.0. The van der Waals surface area contributed by atoms with E-state index in [1.807, 2.05) is 13.8 Å². The van der Waals surface area contributed by atoms with E-state index in [1.165, 1.54) is 6.07 Å². The number of carbonyl (C=O) groups is 1. The first kappa shape index (κ1) is 15.6. The van der Waals surface area contributed by atoms with E-state index < -0.39 is 0 Å². The van der Waals surface area contributed by atoms with Crippen molar-refractivity contribution in [3.8, 4) is 0 Å². The minimum atomic E-state index is -0.303. The molecule has 3 N–H and O–H groups in total. The van der Waals surface area contributed by atoms with Gasteiger partial charge in [0, 0.05) is 17.6 Å². The molecule has 106 valence electrons. The second-order valence-corrected chi connectivity index (χ2v) is 5.26. The molecular weight excluding hydrogens is 243 g/mol. The van der Waals surface area contributed by atoms with Crippen molar-refractivity contribution in [2.45, 2.75) is 46.1 Å². The summed E-state index contributed by atoms with van der Waals surface area (Å²) in [5, 5.41) is 2.74. The monoisotopic (exact) mass is 266 g/mol. The summed E-state index contributed by atoms with van der Waals surface area (Å²) in [4.78, 5) is 11.9. The maximum absolute atomic E-state index is 13.4. The zero-order chi connectivity index (χ0) is 14.4. The third-order valence-corrected chi connectivity index (χ3v) is 3.18. The Morgan fingerprint density at radius 3 is 2.63 bits per heavy atom. The smallest absolute Gasteiger partial charge is 0.227 e. The number of anilines is 1. The number of nitrogens with one attached hydrogen (secondary N) is 1. The van der Waals surface area contributed by atoms with Gasteiger partial charge in [-0.2, -0.15) is 0 Å². The molecule has 0 radical (unpaired) electrons. The quantitative estimate of drug-likeness (QED) is 0.830. The van der Waals surface area contributed by atoms with E-state index in [0.29, 0.717) is 11.3 Å². The predicted octanol–water partition coefficient (Wildman–Crippen LogP) is 3.23. The summed E-state index contributed by atoms with van der Waals surface area (Å²) in [6.07, 6.45) is 2.63. The fraction of sp³-hybridized carbons (Fsp3) is 0.533. The Labute approximate surface area is 114 Å². The van der Waals surface area contributed by atoms with Gasteiger partial charge in [-0.05, 0) is 44.4 Å². The van der Waals surface area contributed by atoms with Crippen molar-refractivity contribution >= 4 is 11.6 Å². The summed E-state index contributed by atoms with van der Waals surface area (Å²) in [5.74, 6) is -0.474. The lowest BCUT2D eigenvalue weighted by molar-refractivity contribution is -0.119. The van der Waals surface area contributed by atoms with E-state index in [2.05, 4.69) is 5.32 Å². The summed E-state index contributed by atoms with van der Waals surface area (Å²) < 4.78 is 13.4. The molecule has 4 heteroatoms. The maximum Gasteiger partial charge on any atom is 0.227 e. The van der Waals surface area contributed by atoms with Gasteiger partial charge in [-0.1, -0.05) is 19.4 Å². The van der Waals surface area contributed by atoms with Crippen LogP contribution in [0.15, 0.2) is 18.2 Å². The van der Waals surface area contributed by atoms with Gasteiger partial charge in [0.1, 0.15) is 5.82 Å². The topological polar surface area (TPSA) is 55.1 Å². The summed E-state index contributed by atoms with van der Waals surface area (Å²) in [7, 11) is 0. The predicted molar refractivity (Wildman–Crippen MR) is 76.4 cm³/mol. The maximum atomic E-state index is 13.4. The summed E-state index contributed by atoms with van der Waals surface area (Å²) in [5.41, 5.74) is 6.75. The zero-order valence-corrected chi connectivity index (χ0v) is 11.9. The Bertz CT molecular complexity index is 432. The van der Waals surface area contributed by atoms with Gasteiger partial charge in [-0.3, -0.25) is 4.79 Å². The van der Waals surface area contributed by atoms with Crippen LogP contribution in [0.4, 0.5) is 10.1 Å². The van der Waals surface area contributed by atoms with Crippen LogP contribution in [0, 0.1) is 18.7 Å². The summed E-state index contributed by atoms with van der Waals surface area (Å²) >= 11 is 0. The summed E-state index contributed by atoms with van der Waals surface area (Å²) in [6.45, 7) is 5.53. The Balaban J connectivity index is 2.47. The first-order valence-corrected chi connectivity index (χ1v) is 6.72. The Morgan fingerprint density at radius 2 is 2.05 bits per heavy atom. The first-order valence-electron chi connectivity index (χ1n) is 6.72. The normalized spacial score (nSPS) is 13.9. The highest BCUT2D eigenvalue weighted by molar-refractivity contribution is 5.92. The second kappa shape index (κ2) is 7.24. The van der Waals surface area contributed by atoms with Crippen LogP contribution in [0.2, 0.25) is 0 Å². The fourth-order valence-electron chi connectivity index (χ4n) is 1.81. The summed E-state index contributed by atoms with van der Waals surface area (Å²) in [6, 6.07) is 4.89. The van der Waals surface area contributed by atoms with Crippen molar-refractivity contribution in [3.05, 3.63) is 29.6 Å². The van der Waals surface area contributed by atoms with E-state index in [0.717, 1.165) is 19.3 Å². The van der Waals surface area contributed by atoms with Crippen LogP contribution >= 0.6 is 0 Å². The Kier molecular flexibility index (Phi) is 5.96.